The number of nitrogens with zero attached hydrogens (tertiary/aromatic N) is 4. The maximum atomic E-state index is 12.7. The molecule has 3 aromatic rings. The van der Waals surface area contributed by atoms with Crippen LogP contribution in [0.3, 0.4) is 0 Å². The summed E-state index contributed by atoms with van der Waals surface area (Å²) in [5, 5.41) is 0. The molecule has 26 heavy (non-hydrogen) atoms. The van der Waals surface area contributed by atoms with Crippen LogP contribution in [0.5, 0.6) is 0 Å². The number of oxazole rings is 1. The van der Waals surface area contributed by atoms with Gasteiger partial charge in [0.1, 0.15) is 18.1 Å². The molecule has 4 rings (SSSR count). The third-order valence-corrected chi connectivity index (χ3v) is 4.55. The molecule has 3 heterocycles. The highest BCUT2D eigenvalue weighted by Crippen LogP contribution is 2.14. The van der Waals surface area contributed by atoms with Crippen molar-refractivity contribution in [1.29, 1.82) is 0 Å². The molecule has 0 aliphatic carbocycles. The molecule has 1 aliphatic rings. The highest BCUT2D eigenvalue weighted by Gasteiger charge is 2.22. The van der Waals surface area contributed by atoms with Crippen molar-refractivity contribution >= 4 is 22.9 Å². The number of amides is 2. The third kappa shape index (κ3) is 2.77. The molecule has 2 amide bonds. The standard InChI is InChI=1S/C17H17N5O4/c18-16(24)11-9-21-8-7-20(6-5-14(21)19-11)15(23)10-22-12-3-1-2-4-13(12)26-17(22)25/h1-4,9H,5-8,10H2,(H2,18,24). The summed E-state index contributed by atoms with van der Waals surface area (Å²) in [6, 6.07) is 7.00. The van der Waals surface area contributed by atoms with Gasteiger partial charge in [-0.2, -0.15) is 0 Å². The highest BCUT2D eigenvalue weighted by molar-refractivity contribution is 5.90. The molecule has 9 heteroatoms. The average Bonchev–Trinajstić information content (AvgIpc) is 3.10. The van der Waals surface area contributed by atoms with Gasteiger partial charge in [-0.15, -0.1) is 0 Å². The Bertz CT molecular complexity index is 1040. The Morgan fingerprint density at radius 2 is 2.00 bits per heavy atom. The maximum absolute atomic E-state index is 12.7. The van der Waals surface area contributed by atoms with Crippen LogP contribution in [0.1, 0.15) is 16.3 Å². The molecular formula is C17H17N5O4. The van der Waals surface area contributed by atoms with Crippen LogP contribution in [0.2, 0.25) is 0 Å². The molecule has 2 aromatic heterocycles. The molecule has 0 unspecified atom stereocenters. The normalized spacial score (nSPS) is 14.2. The van der Waals surface area contributed by atoms with Crippen LogP contribution in [0, 0.1) is 0 Å². The number of benzene rings is 1. The van der Waals surface area contributed by atoms with Crippen LogP contribution in [0.25, 0.3) is 11.1 Å². The summed E-state index contributed by atoms with van der Waals surface area (Å²) in [5.41, 5.74) is 6.54. The number of rotatable bonds is 3. The minimum absolute atomic E-state index is 0.0787. The van der Waals surface area contributed by atoms with E-state index in [9.17, 15) is 14.4 Å². The molecule has 0 saturated carbocycles. The molecule has 9 nitrogen and oxygen atoms in total. The number of carbonyl (C=O) groups is 2. The number of imidazole rings is 1. The summed E-state index contributed by atoms with van der Waals surface area (Å²) in [7, 11) is 0. The molecule has 0 radical (unpaired) electrons. The molecular weight excluding hydrogens is 338 g/mol. The van der Waals surface area contributed by atoms with Gasteiger partial charge >= 0.3 is 5.76 Å². The summed E-state index contributed by atoms with van der Waals surface area (Å²) in [5.74, 6) is -0.558. The van der Waals surface area contributed by atoms with Gasteiger partial charge in [0.25, 0.3) is 5.91 Å². The van der Waals surface area contributed by atoms with Crippen molar-refractivity contribution in [3.8, 4) is 0 Å². The summed E-state index contributed by atoms with van der Waals surface area (Å²) >= 11 is 0. The Morgan fingerprint density at radius 1 is 1.19 bits per heavy atom. The van der Waals surface area contributed by atoms with E-state index in [2.05, 4.69) is 4.98 Å². The van der Waals surface area contributed by atoms with Crippen molar-refractivity contribution in [3.05, 3.63) is 52.5 Å². The number of carbonyl (C=O) groups excluding carboxylic acids is 2. The molecule has 2 N–H and O–H groups in total. The smallest absolute Gasteiger partial charge is 0.408 e. The zero-order valence-electron chi connectivity index (χ0n) is 13.9. The zero-order chi connectivity index (χ0) is 18.3. The quantitative estimate of drug-likeness (QED) is 0.708. The Morgan fingerprint density at radius 3 is 2.81 bits per heavy atom. The molecule has 0 fully saturated rings. The van der Waals surface area contributed by atoms with Crippen molar-refractivity contribution in [2.45, 2.75) is 19.5 Å². The zero-order valence-corrected chi connectivity index (χ0v) is 13.9. The Hall–Kier alpha value is -3.36. The Labute approximate surface area is 147 Å². The van der Waals surface area contributed by atoms with E-state index in [0.717, 1.165) is 5.82 Å². The number of hydrogen-bond acceptors (Lipinski definition) is 5. The summed E-state index contributed by atoms with van der Waals surface area (Å²) < 4.78 is 8.34. The van der Waals surface area contributed by atoms with Crippen molar-refractivity contribution in [2.75, 3.05) is 13.1 Å². The second-order valence-corrected chi connectivity index (χ2v) is 6.15. The fourth-order valence-corrected chi connectivity index (χ4v) is 3.19. The van der Waals surface area contributed by atoms with Crippen LogP contribution in [-0.2, 0) is 24.3 Å². The number of aromatic nitrogens is 3. The summed E-state index contributed by atoms with van der Waals surface area (Å²) in [6.45, 7) is 1.36. The van der Waals surface area contributed by atoms with Crippen molar-refractivity contribution in [2.24, 2.45) is 5.73 Å². The number of hydrogen-bond donors (Lipinski definition) is 1. The lowest BCUT2D eigenvalue weighted by molar-refractivity contribution is -0.131. The lowest BCUT2D eigenvalue weighted by Crippen LogP contribution is -2.37. The van der Waals surface area contributed by atoms with E-state index in [-0.39, 0.29) is 18.1 Å². The fraction of sp³-hybridized carbons (Fsp3) is 0.294. The third-order valence-electron chi connectivity index (χ3n) is 4.55. The van der Waals surface area contributed by atoms with E-state index in [1.54, 1.807) is 35.4 Å². The van der Waals surface area contributed by atoms with Gasteiger partial charge in [-0.25, -0.2) is 9.78 Å². The van der Waals surface area contributed by atoms with Gasteiger partial charge in [0.15, 0.2) is 5.58 Å². The first-order chi connectivity index (χ1) is 12.5. The number of fused-ring (bicyclic) bond motifs is 2. The fourth-order valence-electron chi connectivity index (χ4n) is 3.19. The van der Waals surface area contributed by atoms with Crippen LogP contribution in [-0.4, -0.2) is 43.9 Å². The number of para-hydroxylation sites is 2. The minimum atomic E-state index is -0.565. The van der Waals surface area contributed by atoms with E-state index in [0.29, 0.717) is 37.2 Å². The molecule has 0 atom stereocenters. The van der Waals surface area contributed by atoms with Gasteiger partial charge in [0, 0.05) is 32.3 Å². The molecule has 1 aliphatic heterocycles. The summed E-state index contributed by atoms with van der Waals surface area (Å²) in [6.07, 6.45) is 2.12. The molecule has 1 aromatic carbocycles. The van der Waals surface area contributed by atoms with Crippen LogP contribution >= 0.6 is 0 Å². The van der Waals surface area contributed by atoms with Gasteiger partial charge in [0.2, 0.25) is 5.91 Å². The van der Waals surface area contributed by atoms with E-state index in [4.69, 9.17) is 10.2 Å². The van der Waals surface area contributed by atoms with Crippen LogP contribution in [0.15, 0.2) is 39.7 Å². The predicted molar refractivity (Wildman–Crippen MR) is 91.5 cm³/mol. The molecule has 0 spiro atoms. The van der Waals surface area contributed by atoms with Gasteiger partial charge in [-0.3, -0.25) is 14.2 Å². The SMILES string of the molecule is NC(=O)c1cn2c(n1)CCN(C(=O)Cn1c(=O)oc3ccccc31)CC2. The lowest BCUT2D eigenvalue weighted by Gasteiger charge is -2.20. The molecule has 134 valence electrons. The van der Waals surface area contributed by atoms with E-state index >= 15 is 0 Å². The van der Waals surface area contributed by atoms with Gasteiger partial charge in [-0.1, -0.05) is 12.1 Å². The number of primary amides is 1. The van der Waals surface area contributed by atoms with E-state index in [1.165, 1.54) is 4.57 Å². The first kappa shape index (κ1) is 16.1. The predicted octanol–water partition coefficient (Wildman–Crippen LogP) is -0.0252. The van der Waals surface area contributed by atoms with Gasteiger partial charge < -0.3 is 19.6 Å². The molecule has 0 saturated heterocycles. The highest BCUT2D eigenvalue weighted by atomic mass is 16.4. The van der Waals surface area contributed by atoms with Crippen LogP contribution in [0.4, 0.5) is 0 Å². The van der Waals surface area contributed by atoms with Crippen molar-refractivity contribution in [1.82, 2.24) is 19.0 Å². The second-order valence-electron chi connectivity index (χ2n) is 6.15. The minimum Gasteiger partial charge on any atom is -0.408 e. The first-order valence-electron chi connectivity index (χ1n) is 8.25. The van der Waals surface area contributed by atoms with Crippen molar-refractivity contribution in [3.63, 3.8) is 0 Å². The second kappa shape index (κ2) is 6.17. The molecule has 0 bridgehead atoms. The summed E-state index contributed by atoms with van der Waals surface area (Å²) in [4.78, 5) is 41.9. The van der Waals surface area contributed by atoms with Crippen molar-refractivity contribution < 1.29 is 14.0 Å². The Kier molecular flexibility index (Phi) is 3.83. The topological polar surface area (TPSA) is 116 Å². The van der Waals surface area contributed by atoms with E-state index < -0.39 is 11.7 Å². The number of nitrogens with two attached hydrogens (primary N) is 1. The average molecular weight is 355 g/mol. The van der Waals surface area contributed by atoms with Crippen LogP contribution < -0.4 is 11.5 Å². The first-order valence-corrected chi connectivity index (χ1v) is 8.25. The van der Waals surface area contributed by atoms with Gasteiger partial charge in [-0.05, 0) is 12.1 Å². The monoisotopic (exact) mass is 355 g/mol. The largest absolute Gasteiger partial charge is 0.420 e. The van der Waals surface area contributed by atoms with E-state index in [1.807, 2.05) is 4.57 Å². The van der Waals surface area contributed by atoms with Gasteiger partial charge in [0.05, 0.1) is 5.52 Å². The Balaban J connectivity index is 1.51. The maximum Gasteiger partial charge on any atom is 0.420 e. The lowest BCUT2D eigenvalue weighted by atomic mass is 10.3.